The van der Waals surface area contributed by atoms with Gasteiger partial charge in [-0.15, -0.1) is 0 Å². The number of carbonyl (C=O) groups is 1. The van der Waals surface area contributed by atoms with Gasteiger partial charge < -0.3 is 10.6 Å². The van der Waals surface area contributed by atoms with Crippen LogP contribution in [0.3, 0.4) is 0 Å². The Kier molecular flexibility index (Phi) is 4.86. The molecule has 1 aliphatic rings. The number of nitrogens with one attached hydrogen (secondary N) is 1. The van der Waals surface area contributed by atoms with Crippen LogP contribution in [0.1, 0.15) is 25.7 Å². The van der Waals surface area contributed by atoms with E-state index in [2.05, 4.69) is 10.3 Å². The number of hydrogen-bond donors (Lipinski definition) is 3. The van der Waals surface area contributed by atoms with Crippen LogP contribution < -0.4 is 17.0 Å². The lowest BCUT2D eigenvalue weighted by atomic mass is 10.1. The predicted molar refractivity (Wildman–Crippen MR) is 55.2 cm³/mol. The van der Waals surface area contributed by atoms with Crippen molar-refractivity contribution in [2.75, 3.05) is 19.6 Å². The minimum atomic E-state index is -0.0914. The topological polar surface area (TPSA) is 84.4 Å². The summed E-state index contributed by atoms with van der Waals surface area (Å²) in [5.74, 6) is 4.89. The Morgan fingerprint density at radius 1 is 1.57 bits per heavy atom. The molecule has 0 spiro atoms. The normalized spacial score (nSPS) is 23.4. The Morgan fingerprint density at radius 3 is 3.00 bits per heavy atom. The molecule has 0 saturated carbocycles. The van der Waals surface area contributed by atoms with E-state index in [0.717, 1.165) is 32.5 Å². The van der Waals surface area contributed by atoms with Gasteiger partial charge in [-0.1, -0.05) is 0 Å². The van der Waals surface area contributed by atoms with Gasteiger partial charge in [0.2, 0.25) is 5.91 Å². The summed E-state index contributed by atoms with van der Waals surface area (Å²) >= 11 is 0. The molecule has 5 N–H and O–H groups in total. The molecule has 0 radical (unpaired) electrons. The monoisotopic (exact) mass is 200 g/mol. The molecule has 1 heterocycles. The van der Waals surface area contributed by atoms with E-state index in [0.29, 0.717) is 12.5 Å². The van der Waals surface area contributed by atoms with Gasteiger partial charge in [0.25, 0.3) is 0 Å². The molecule has 1 fully saturated rings. The fourth-order valence-corrected chi connectivity index (χ4v) is 1.83. The molecule has 0 aliphatic carbocycles. The van der Waals surface area contributed by atoms with Gasteiger partial charge in [-0.25, -0.2) is 5.84 Å². The van der Waals surface area contributed by atoms with E-state index in [1.807, 2.05) is 0 Å². The fraction of sp³-hybridized carbons (Fsp3) is 0.889. The fourth-order valence-electron chi connectivity index (χ4n) is 1.83. The Balaban J connectivity index is 2.08. The molecule has 0 aromatic carbocycles. The van der Waals surface area contributed by atoms with Crippen molar-refractivity contribution in [2.24, 2.45) is 11.6 Å². The lowest BCUT2D eigenvalue weighted by Gasteiger charge is -2.30. The maximum atomic E-state index is 10.8. The number of amides is 1. The maximum Gasteiger partial charge on any atom is 0.233 e. The number of hydrogen-bond acceptors (Lipinski definition) is 4. The lowest BCUT2D eigenvalue weighted by molar-refractivity contribution is -0.121. The molecule has 0 bridgehead atoms. The van der Waals surface area contributed by atoms with E-state index in [-0.39, 0.29) is 5.91 Å². The molecule has 1 unspecified atom stereocenters. The molecular formula is C9H20N4O. The van der Waals surface area contributed by atoms with Gasteiger partial charge in [0.15, 0.2) is 0 Å². The highest BCUT2D eigenvalue weighted by Crippen LogP contribution is 2.08. The molecule has 1 amide bonds. The van der Waals surface area contributed by atoms with Gasteiger partial charge in [0, 0.05) is 19.0 Å². The number of nitrogens with zero attached hydrogens (tertiary/aromatic N) is 1. The Hall–Kier alpha value is -0.650. The third kappa shape index (κ3) is 4.04. The Labute approximate surface area is 84.8 Å². The molecular weight excluding hydrogens is 180 g/mol. The van der Waals surface area contributed by atoms with Gasteiger partial charge in [-0.2, -0.15) is 0 Å². The summed E-state index contributed by atoms with van der Waals surface area (Å²) in [6.45, 7) is 3.02. The van der Waals surface area contributed by atoms with Crippen LogP contribution in [0.4, 0.5) is 0 Å². The van der Waals surface area contributed by atoms with Crippen molar-refractivity contribution < 1.29 is 4.79 Å². The van der Waals surface area contributed by atoms with Crippen LogP contribution in [-0.4, -0.2) is 36.5 Å². The highest BCUT2D eigenvalue weighted by atomic mass is 16.2. The molecule has 14 heavy (non-hydrogen) atoms. The standard InChI is InChI=1S/C9H20N4O/c10-8-3-1-5-13(7-8)6-2-4-9(14)12-11/h8H,1-7,10-11H2,(H,12,14). The van der Waals surface area contributed by atoms with Crippen LogP contribution in [0, 0.1) is 0 Å². The third-order valence-electron chi connectivity index (χ3n) is 2.58. The summed E-state index contributed by atoms with van der Waals surface area (Å²) < 4.78 is 0. The van der Waals surface area contributed by atoms with Crippen molar-refractivity contribution in [1.82, 2.24) is 10.3 Å². The van der Waals surface area contributed by atoms with Crippen LogP contribution in [0.5, 0.6) is 0 Å². The number of nitrogens with two attached hydrogens (primary N) is 2. The predicted octanol–water partition coefficient (Wildman–Crippen LogP) is -0.820. The van der Waals surface area contributed by atoms with Crippen molar-refractivity contribution >= 4 is 5.91 Å². The van der Waals surface area contributed by atoms with Crippen molar-refractivity contribution in [3.63, 3.8) is 0 Å². The summed E-state index contributed by atoms with van der Waals surface area (Å²) in [5, 5.41) is 0. The quantitative estimate of drug-likeness (QED) is 0.314. The second kappa shape index (κ2) is 5.95. The van der Waals surface area contributed by atoms with E-state index in [4.69, 9.17) is 11.6 Å². The average Bonchev–Trinajstić information content (AvgIpc) is 2.17. The number of rotatable bonds is 4. The van der Waals surface area contributed by atoms with Crippen molar-refractivity contribution in [2.45, 2.75) is 31.7 Å². The molecule has 82 valence electrons. The van der Waals surface area contributed by atoms with Crippen LogP contribution in [0.2, 0.25) is 0 Å². The molecule has 1 aliphatic heterocycles. The number of carbonyl (C=O) groups excluding carboxylic acids is 1. The largest absolute Gasteiger partial charge is 0.327 e. The van der Waals surface area contributed by atoms with E-state index >= 15 is 0 Å². The summed E-state index contributed by atoms with van der Waals surface area (Å²) in [4.78, 5) is 13.2. The highest BCUT2D eigenvalue weighted by molar-refractivity contribution is 5.75. The zero-order chi connectivity index (χ0) is 10.4. The summed E-state index contributed by atoms with van der Waals surface area (Å²) in [5.41, 5.74) is 7.97. The first kappa shape index (κ1) is 11.4. The van der Waals surface area contributed by atoms with E-state index < -0.39 is 0 Å². The minimum Gasteiger partial charge on any atom is -0.327 e. The Bertz CT molecular complexity index is 186. The first-order valence-electron chi connectivity index (χ1n) is 5.19. The zero-order valence-corrected chi connectivity index (χ0v) is 8.54. The van der Waals surface area contributed by atoms with Gasteiger partial charge >= 0.3 is 0 Å². The van der Waals surface area contributed by atoms with Crippen molar-refractivity contribution in [3.05, 3.63) is 0 Å². The minimum absolute atomic E-state index is 0.0914. The first-order valence-corrected chi connectivity index (χ1v) is 5.19. The first-order chi connectivity index (χ1) is 6.72. The average molecular weight is 200 g/mol. The number of hydrazine groups is 1. The smallest absolute Gasteiger partial charge is 0.233 e. The second-order valence-corrected chi connectivity index (χ2v) is 3.87. The maximum absolute atomic E-state index is 10.8. The van der Waals surface area contributed by atoms with Crippen molar-refractivity contribution in [1.29, 1.82) is 0 Å². The molecule has 1 saturated heterocycles. The van der Waals surface area contributed by atoms with Crippen LogP contribution in [-0.2, 0) is 4.79 Å². The Morgan fingerprint density at radius 2 is 2.36 bits per heavy atom. The molecule has 5 nitrogen and oxygen atoms in total. The van der Waals surface area contributed by atoms with E-state index in [1.165, 1.54) is 6.42 Å². The van der Waals surface area contributed by atoms with Gasteiger partial charge in [-0.3, -0.25) is 10.2 Å². The van der Waals surface area contributed by atoms with Crippen LogP contribution >= 0.6 is 0 Å². The van der Waals surface area contributed by atoms with Crippen LogP contribution in [0.15, 0.2) is 0 Å². The molecule has 0 aromatic rings. The van der Waals surface area contributed by atoms with Gasteiger partial charge in [0.1, 0.15) is 0 Å². The van der Waals surface area contributed by atoms with E-state index in [1.54, 1.807) is 0 Å². The molecule has 5 heteroatoms. The lowest BCUT2D eigenvalue weighted by Crippen LogP contribution is -2.43. The third-order valence-corrected chi connectivity index (χ3v) is 2.58. The molecule has 1 atom stereocenters. The summed E-state index contributed by atoms with van der Waals surface area (Å²) in [7, 11) is 0. The summed E-state index contributed by atoms with van der Waals surface area (Å²) in [6, 6.07) is 0.312. The van der Waals surface area contributed by atoms with E-state index in [9.17, 15) is 4.79 Å². The van der Waals surface area contributed by atoms with Crippen molar-refractivity contribution in [3.8, 4) is 0 Å². The second-order valence-electron chi connectivity index (χ2n) is 3.87. The SMILES string of the molecule is NNC(=O)CCCN1CCCC(N)C1. The number of piperidine rings is 1. The highest BCUT2D eigenvalue weighted by Gasteiger charge is 2.15. The van der Waals surface area contributed by atoms with Gasteiger partial charge in [-0.05, 0) is 32.4 Å². The van der Waals surface area contributed by atoms with Crippen LogP contribution in [0.25, 0.3) is 0 Å². The zero-order valence-electron chi connectivity index (χ0n) is 8.54. The molecule has 0 aromatic heterocycles. The molecule has 1 rings (SSSR count). The number of likely N-dealkylation sites (tertiary alicyclic amines) is 1. The summed E-state index contributed by atoms with van der Waals surface area (Å²) in [6.07, 6.45) is 3.65. The van der Waals surface area contributed by atoms with Gasteiger partial charge in [0.05, 0.1) is 0 Å².